The summed E-state index contributed by atoms with van der Waals surface area (Å²) >= 11 is 0. The molecule has 1 aliphatic heterocycles. The summed E-state index contributed by atoms with van der Waals surface area (Å²) in [6, 6.07) is 0.392. The van der Waals surface area contributed by atoms with Crippen LogP contribution in [0.2, 0.25) is 0 Å². The molecule has 1 heterocycles. The lowest BCUT2D eigenvalue weighted by Crippen LogP contribution is -2.45. The first kappa shape index (κ1) is 9.88. The summed E-state index contributed by atoms with van der Waals surface area (Å²) in [6.07, 6.45) is 0. The van der Waals surface area contributed by atoms with Crippen molar-refractivity contribution in [1.82, 2.24) is 5.32 Å². The van der Waals surface area contributed by atoms with Crippen molar-refractivity contribution >= 4 is 0 Å². The maximum atomic E-state index is 5.36. The zero-order valence-corrected chi connectivity index (χ0v) is 6.89. The number of ether oxygens (including phenoxy) is 1. The molecule has 1 unspecified atom stereocenters. The van der Waals surface area contributed by atoms with Gasteiger partial charge in [0.1, 0.15) is 0 Å². The number of nitrogens with two attached hydrogens (primary N) is 1. The predicted octanol–water partition coefficient (Wildman–Crippen LogP) is -0.0403. The highest BCUT2D eigenvalue weighted by Crippen LogP contribution is 1.88. The Hall–Kier alpha value is -0.120. The second kappa shape index (κ2) is 6.99. The van der Waals surface area contributed by atoms with Crippen molar-refractivity contribution in [3.05, 3.63) is 0 Å². The second-order valence-electron chi connectivity index (χ2n) is 1.96. The third-order valence-corrected chi connectivity index (χ3v) is 1.28. The van der Waals surface area contributed by atoms with Crippen molar-refractivity contribution in [3.63, 3.8) is 0 Å². The van der Waals surface area contributed by atoms with Gasteiger partial charge in [-0.25, -0.2) is 0 Å². The molecule has 1 rings (SSSR count). The predicted molar refractivity (Wildman–Crippen MR) is 43.0 cm³/mol. The summed E-state index contributed by atoms with van der Waals surface area (Å²) in [5, 5.41) is 3.22. The van der Waals surface area contributed by atoms with E-state index in [1.165, 1.54) is 0 Å². The minimum absolute atomic E-state index is 0.392. The molecule has 3 nitrogen and oxygen atoms in total. The minimum Gasteiger partial charge on any atom is -0.378 e. The Labute approximate surface area is 62.9 Å². The van der Waals surface area contributed by atoms with Gasteiger partial charge in [0.2, 0.25) is 0 Å². The van der Waals surface area contributed by atoms with Gasteiger partial charge in [-0.3, -0.25) is 0 Å². The van der Waals surface area contributed by atoms with Crippen LogP contribution in [0.1, 0.15) is 13.8 Å². The minimum atomic E-state index is 0.392. The molecule has 0 aromatic heterocycles. The molecule has 0 aliphatic carbocycles. The average molecular weight is 146 g/mol. The molecule has 0 bridgehead atoms. The van der Waals surface area contributed by atoms with Gasteiger partial charge in [-0.15, -0.1) is 0 Å². The topological polar surface area (TPSA) is 47.3 Å². The number of nitrogens with one attached hydrogen (secondary N) is 1. The summed E-state index contributed by atoms with van der Waals surface area (Å²) in [5.74, 6) is 0. The van der Waals surface area contributed by atoms with Crippen molar-refractivity contribution in [1.29, 1.82) is 0 Å². The Balaban J connectivity index is 0.000000371. The Morgan fingerprint density at radius 3 is 2.60 bits per heavy atom. The Morgan fingerprint density at radius 1 is 1.60 bits per heavy atom. The molecule has 1 saturated heterocycles. The van der Waals surface area contributed by atoms with Crippen LogP contribution in [0.25, 0.3) is 0 Å². The monoisotopic (exact) mass is 146 g/mol. The van der Waals surface area contributed by atoms with Crippen LogP contribution in [0, 0.1) is 0 Å². The highest BCUT2D eigenvalue weighted by atomic mass is 16.5. The fraction of sp³-hybridized carbons (Fsp3) is 1.00. The molecule has 0 amide bonds. The van der Waals surface area contributed by atoms with E-state index in [-0.39, 0.29) is 0 Å². The van der Waals surface area contributed by atoms with Crippen LogP contribution >= 0.6 is 0 Å². The van der Waals surface area contributed by atoms with Crippen LogP contribution in [-0.4, -0.2) is 32.3 Å². The summed E-state index contributed by atoms with van der Waals surface area (Å²) in [4.78, 5) is 0. The van der Waals surface area contributed by atoms with Gasteiger partial charge in [-0.05, 0) is 0 Å². The van der Waals surface area contributed by atoms with Gasteiger partial charge in [-0.2, -0.15) is 0 Å². The quantitative estimate of drug-likeness (QED) is 0.545. The van der Waals surface area contributed by atoms with Gasteiger partial charge in [0.05, 0.1) is 13.2 Å². The molecule has 0 radical (unpaired) electrons. The zero-order chi connectivity index (χ0) is 7.82. The van der Waals surface area contributed by atoms with Crippen molar-refractivity contribution < 1.29 is 4.74 Å². The van der Waals surface area contributed by atoms with E-state index in [2.05, 4.69) is 5.32 Å². The summed E-state index contributed by atoms with van der Waals surface area (Å²) in [6.45, 7) is 7.23. The molecule has 3 heteroatoms. The van der Waals surface area contributed by atoms with Crippen LogP contribution in [0.15, 0.2) is 0 Å². The van der Waals surface area contributed by atoms with Gasteiger partial charge >= 0.3 is 0 Å². The molecule has 0 saturated carbocycles. The van der Waals surface area contributed by atoms with Crippen molar-refractivity contribution in [2.75, 3.05) is 26.3 Å². The first-order valence-electron chi connectivity index (χ1n) is 3.94. The maximum Gasteiger partial charge on any atom is 0.0632 e. The van der Waals surface area contributed by atoms with E-state index in [0.717, 1.165) is 19.8 Å². The molecule has 10 heavy (non-hydrogen) atoms. The van der Waals surface area contributed by atoms with E-state index < -0.39 is 0 Å². The zero-order valence-electron chi connectivity index (χ0n) is 6.89. The smallest absolute Gasteiger partial charge is 0.0632 e. The maximum absolute atomic E-state index is 5.36. The molecule has 3 N–H and O–H groups in total. The van der Waals surface area contributed by atoms with Gasteiger partial charge in [0.15, 0.2) is 0 Å². The third-order valence-electron chi connectivity index (χ3n) is 1.28. The van der Waals surface area contributed by atoms with E-state index in [4.69, 9.17) is 10.5 Å². The largest absolute Gasteiger partial charge is 0.378 e. The highest BCUT2D eigenvalue weighted by molar-refractivity contribution is 4.69. The molecule has 0 spiro atoms. The second-order valence-corrected chi connectivity index (χ2v) is 1.96. The van der Waals surface area contributed by atoms with Gasteiger partial charge in [0, 0.05) is 19.1 Å². The van der Waals surface area contributed by atoms with E-state index >= 15 is 0 Å². The highest BCUT2D eigenvalue weighted by Gasteiger charge is 2.08. The van der Waals surface area contributed by atoms with Crippen LogP contribution < -0.4 is 11.1 Å². The fourth-order valence-corrected chi connectivity index (χ4v) is 0.771. The fourth-order valence-electron chi connectivity index (χ4n) is 0.771. The number of hydrogen-bond acceptors (Lipinski definition) is 3. The van der Waals surface area contributed by atoms with Gasteiger partial charge < -0.3 is 15.8 Å². The number of morpholine rings is 1. The molecule has 1 aliphatic rings. The van der Waals surface area contributed by atoms with Crippen molar-refractivity contribution in [3.8, 4) is 0 Å². The normalized spacial score (nSPS) is 24.9. The van der Waals surface area contributed by atoms with Crippen LogP contribution in [0.4, 0.5) is 0 Å². The molecule has 0 aromatic rings. The number of rotatable bonds is 1. The molecule has 0 aromatic carbocycles. The van der Waals surface area contributed by atoms with Crippen LogP contribution in [0.3, 0.4) is 0 Å². The molecular formula is C7H18N2O. The van der Waals surface area contributed by atoms with Gasteiger partial charge in [0.25, 0.3) is 0 Å². The van der Waals surface area contributed by atoms with E-state index in [1.807, 2.05) is 13.8 Å². The average Bonchev–Trinajstić information content (AvgIpc) is 2.10. The number of hydrogen-bond donors (Lipinski definition) is 2. The first-order valence-corrected chi connectivity index (χ1v) is 3.94. The molecule has 62 valence electrons. The van der Waals surface area contributed by atoms with Crippen LogP contribution in [0.5, 0.6) is 0 Å². The molecular weight excluding hydrogens is 128 g/mol. The summed E-state index contributed by atoms with van der Waals surface area (Å²) < 4.78 is 5.13. The van der Waals surface area contributed by atoms with Gasteiger partial charge in [-0.1, -0.05) is 13.8 Å². The Kier molecular flexibility index (Phi) is 6.91. The standard InChI is InChI=1S/C5H12N2O.C2H6/c6-3-5-4-8-2-1-7-5;1-2/h5,7H,1-4,6H2;1-2H3. The SMILES string of the molecule is CC.NCC1COCCN1. The lowest BCUT2D eigenvalue weighted by Gasteiger charge is -2.21. The van der Waals surface area contributed by atoms with E-state index in [0.29, 0.717) is 12.6 Å². The Morgan fingerprint density at radius 2 is 2.30 bits per heavy atom. The summed E-state index contributed by atoms with van der Waals surface area (Å²) in [7, 11) is 0. The third kappa shape index (κ3) is 3.82. The molecule has 1 fully saturated rings. The molecule has 1 atom stereocenters. The van der Waals surface area contributed by atoms with E-state index in [9.17, 15) is 0 Å². The summed E-state index contributed by atoms with van der Waals surface area (Å²) in [5.41, 5.74) is 5.36. The first-order chi connectivity index (χ1) is 4.93. The van der Waals surface area contributed by atoms with Crippen molar-refractivity contribution in [2.24, 2.45) is 5.73 Å². The van der Waals surface area contributed by atoms with Crippen molar-refractivity contribution in [2.45, 2.75) is 19.9 Å². The van der Waals surface area contributed by atoms with E-state index in [1.54, 1.807) is 0 Å². The Bertz CT molecular complexity index is 62.6. The van der Waals surface area contributed by atoms with Crippen LogP contribution in [-0.2, 0) is 4.74 Å². The lowest BCUT2D eigenvalue weighted by molar-refractivity contribution is 0.0794. The lowest BCUT2D eigenvalue weighted by atomic mass is 10.3.